The molecule has 0 atom stereocenters. The zero-order valence-electron chi connectivity index (χ0n) is 14.0. The minimum Gasteiger partial charge on any atom is -0.486 e. The lowest BCUT2D eigenvalue weighted by Gasteiger charge is -2.21. The van der Waals surface area contributed by atoms with Gasteiger partial charge in [-0.05, 0) is 30.8 Å². The van der Waals surface area contributed by atoms with Gasteiger partial charge in [0.05, 0.1) is 18.3 Å². The molecule has 0 saturated carbocycles. The Bertz CT molecular complexity index is 968. The van der Waals surface area contributed by atoms with Crippen LogP contribution in [-0.2, 0) is 13.2 Å². The van der Waals surface area contributed by atoms with E-state index in [1.165, 1.54) is 4.68 Å². The summed E-state index contributed by atoms with van der Waals surface area (Å²) >= 11 is 0. The van der Waals surface area contributed by atoms with Gasteiger partial charge in [-0.2, -0.15) is 5.10 Å². The van der Waals surface area contributed by atoms with Crippen LogP contribution in [0.2, 0.25) is 0 Å². The third kappa shape index (κ3) is 3.21. The highest BCUT2D eigenvalue weighted by Crippen LogP contribution is 2.31. The second-order valence-electron chi connectivity index (χ2n) is 6.17. The van der Waals surface area contributed by atoms with Crippen molar-refractivity contribution in [2.24, 2.45) is 0 Å². The van der Waals surface area contributed by atoms with Crippen molar-refractivity contribution in [2.75, 3.05) is 20.3 Å². The Morgan fingerprint density at radius 2 is 1.92 bits per heavy atom. The van der Waals surface area contributed by atoms with Crippen LogP contribution in [0.15, 0.2) is 53.5 Å². The van der Waals surface area contributed by atoms with Crippen LogP contribution in [0.25, 0.3) is 10.8 Å². The standard InChI is InChI=1S/C19H19N3O3/c1-21(12-14-6-7-17-18(10-14)25-9-8-24-17)13-22-19(23)16-5-3-2-4-15(16)11-20-22/h2-7,10-11H,8-9,12-13H2,1H3. The van der Waals surface area contributed by atoms with Crippen LogP contribution in [-0.4, -0.2) is 34.9 Å². The molecule has 0 saturated heterocycles. The van der Waals surface area contributed by atoms with Crippen molar-refractivity contribution >= 4 is 10.8 Å². The van der Waals surface area contributed by atoms with Crippen molar-refractivity contribution in [3.05, 3.63) is 64.6 Å². The van der Waals surface area contributed by atoms with E-state index in [9.17, 15) is 4.79 Å². The fourth-order valence-corrected chi connectivity index (χ4v) is 3.00. The summed E-state index contributed by atoms with van der Waals surface area (Å²) in [5, 5.41) is 5.82. The van der Waals surface area contributed by atoms with Gasteiger partial charge in [-0.3, -0.25) is 9.69 Å². The Balaban J connectivity index is 1.52. The number of aromatic nitrogens is 2. The zero-order valence-corrected chi connectivity index (χ0v) is 14.0. The minimum atomic E-state index is -0.0767. The van der Waals surface area contributed by atoms with E-state index < -0.39 is 0 Å². The Hall–Kier alpha value is -2.86. The molecule has 0 unspecified atom stereocenters. The van der Waals surface area contributed by atoms with Crippen molar-refractivity contribution in [1.29, 1.82) is 0 Å². The Morgan fingerprint density at radius 1 is 1.12 bits per heavy atom. The molecule has 0 amide bonds. The van der Waals surface area contributed by atoms with E-state index >= 15 is 0 Å². The lowest BCUT2D eigenvalue weighted by molar-refractivity contribution is 0.171. The average molecular weight is 337 g/mol. The number of hydrogen-bond acceptors (Lipinski definition) is 5. The normalized spacial score (nSPS) is 13.4. The van der Waals surface area contributed by atoms with Gasteiger partial charge in [0.15, 0.2) is 11.5 Å². The van der Waals surface area contributed by atoms with Gasteiger partial charge in [-0.1, -0.05) is 24.3 Å². The first-order valence-electron chi connectivity index (χ1n) is 8.23. The number of fused-ring (bicyclic) bond motifs is 2. The van der Waals surface area contributed by atoms with Crippen molar-refractivity contribution in [3.63, 3.8) is 0 Å². The molecule has 6 heteroatoms. The smallest absolute Gasteiger partial charge is 0.275 e. The van der Waals surface area contributed by atoms with Crippen LogP contribution in [0.3, 0.4) is 0 Å². The average Bonchev–Trinajstić information content (AvgIpc) is 2.64. The van der Waals surface area contributed by atoms with Crippen molar-refractivity contribution in [1.82, 2.24) is 14.7 Å². The molecule has 0 aliphatic carbocycles. The van der Waals surface area contributed by atoms with E-state index in [2.05, 4.69) is 5.10 Å². The molecule has 6 nitrogen and oxygen atoms in total. The highest BCUT2D eigenvalue weighted by Gasteiger charge is 2.13. The van der Waals surface area contributed by atoms with Crippen LogP contribution < -0.4 is 15.0 Å². The van der Waals surface area contributed by atoms with Crippen molar-refractivity contribution in [2.45, 2.75) is 13.2 Å². The molecule has 1 aliphatic heterocycles. The summed E-state index contributed by atoms with van der Waals surface area (Å²) in [7, 11) is 1.96. The van der Waals surface area contributed by atoms with Crippen LogP contribution in [0.5, 0.6) is 11.5 Å². The zero-order chi connectivity index (χ0) is 17.2. The molecule has 2 aromatic carbocycles. The maximum absolute atomic E-state index is 12.5. The Kier molecular flexibility index (Phi) is 4.11. The third-order valence-corrected chi connectivity index (χ3v) is 4.20. The molecular formula is C19H19N3O3. The molecular weight excluding hydrogens is 318 g/mol. The molecule has 25 heavy (non-hydrogen) atoms. The van der Waals surface area contributed by atoms with Crippen LogP contribution in [0.4, 0.5) is 0 Å². The first kappa shape index (κ1) is 15.7. The fraction of sp³-hybridized carbons (Fsp3) is 0.263. The summed E-state index contributed by atoms with van der Waals surface area (Å²) in [6, 6.07) is 13.4. The summed E-state index contributed by atoms with van der Waals surface area (Å²) in [5.74, 6) is 1.56. The minimum absolute atomic E-state index is 0.0767. The number of benzene rings is 2. The number of nitrogens with zero attached hydrogens (tertiary/aromatic N) is 3. The largest absolute Gasteiger partial charge is 0.486 e. The van der Waals surface area contributed by atoms with Crippen molar-refractivity contribution in [3.8, 4) is 11.5 Å². The quantitative estimate of drug-likeness (QED) is 0.731. The topological polar surface area (TPSA) is 56.6 Å². The molecule has 1 aliphatic rings. The SMILES string of the molecule is CN(Cc1ccc2c(c1)OCCO2)Cn1ncc2ccccc2c1=O. The molecule has 0 radical (unpaired) electrons. The van der Waals surface area contributed by atoms with Gasteiger partial charge in [0.1, 0.15) is 13.2 Å². The Labute approximate surface area is 145 Å². The predicted molar refractivity (Wildman–Crippen MR) is 94.9 cm³/mol. The van der Waals surface area contributed by atoms with Crippen LogP contribution in [0, 0.1) is 0 Å². The van der Waals surface area contributed by atoms with E-state index in [-0.39, 0.29) is 5.56 Å². The van der Waals surface area contributed by atoms with E-state index in [0.717, 1.165) is 22.4 Å². The maximum atomic E-state index is 12.5. The molecule has 2 heterocycles. The molecule has 128 valence electrons. The third-order valence-electron chi connectivity index (χ3n) is 4.20. The van der Waals surface area contributed by atoms with Gasteiger partial charge in [0, 0.05) is 11.9 Å². The summed E-state index contributed by atoms with van der Waals surface area (Å²) in [6.45, 7) is 2.25. The first-order chi connectivity index (χ1) is 12.2. The van der Waals surface area contributed by atoms with Crippen molar-refractivity contribution < 1.29 is 9.47 Å². The highest BCUT2D eigenvalue weighted by molar-refractivity contribution is 5.80. The first-order valence-corrected chi connectivity index (χ1v) is 8.23. The molecule has 0 spiro atoms. The fourth-order valence-electron chi connectivity index (χ4n) is 3.00. The summed E-state index contributed by atoms with van der Waals surface area (Å²) in [5.41, 5.74) is 1.02. The molecule has 0 N–H and O–H groups in total. The lowest BCUT2D eigenvalue weighted by Crippen LogP contribution is -2.31. The monoisotopic (exact) mass is 337 g/mol. The van der Waals surface area contributed by atoms with Crippen LogP contribution in [0.1, 0.15) is 5.56 Å². The summed E-state index contributed by atoms with van der Waals surface area (Å²) < 4.78 is 12.6. The molecule has 0 bridgehead atoms. The van der Waals surface area contributed by atoms with E-state index in [1.54, 1.807) is 6.20 Å². The molecule has 0 fully saturated rings. The highest BCUT2D eigenvalue weighted by atomic mass is 16.6. The van der Waals surface area contributed by atoms with Gasteiger partial charge >= 0.3 is 0 Å². The molecule has 1 aromatic heterocycles. The molecule has 4 rings (SSSR count). The van der Waals surface area contributed by atoms with Crippen LogP contribution >= 0.6 is 0 Å². The second-order valence-corrected chi connectivity index (χ2v) is 6.17. The Morgan fingerprint density at radius 3 is 2.80 bits per heavy atom. The van der Waals surface area contributed by atoms with Gasteiger partial charge in [-0.25, -0.2) is 4.68 Å². The van der Waals surface area contributed by atoms with Gasteiger partial charge < -0.3 is 9.47 Å². The number of hydrogen-bond donors (Lipinski definition) is 0. The van der Waals surface area contributed by atoms with E-state index in [4.69, 9.17) is 9.47 Å². The number of rotatable bonds is 4. The maximum Gasteiger partial charge on any atom is 0.275 e. The second kappa shape index (κ2) is 6.57. The summed E-state index contributed by atoms with van der Waals surface area (Å²) in [6.07, 6.45) is 1.73. The lowest BCUT2D eigenvalue weighted by atomic mass is 10.2. The predicted octanol–water partition coefficient (Wildman–Crippen LogP) is 2.26. The van der Waals surface area contributed by atoms with E-state index in [0.29, 0.717) is 31.8 Å². The van der Waals surface area contributed by atoms with Gasteiger partial charge in [-0.15, -0.1) is 0 Å². The van der Waals surface area contributed by atoms with E-state index in [1.807, 2.05) is 54.4 Å². The summed E-state index contributed by atoms with van der Waals surface area (Å²) in [4.78, 5) is 14.6. The van der Waals surface area contributed by atoms with Gasteiger partial charge in [0.25, 0.3) is 5.56 Å². The molecule has 3 aromatic rings. The number of ether oxygens (including phenoxy) is 2. The van der Waals surface area contributed by atoms with Gasteiger partial charge in [0.2, 0.25) is 0 Å².